The Balaban J connectivity index is 1.96. The van der Waals surface area contributed by atoms with Crippen molar-refractivity contribution in [3.63, 3.8) is 0 Å². The number of hydrogen-bond donors (Lipinski definition) is 0. The fourth-order valence-corrected chi connectivity index (χ4v) is 2.69. The molecule has 0 amide bonds. The van der Waals surface area contributed by atoms with Gasteiger partial charge in [0.2, 0.25) is 0 Å². The second-order valence-corrected chi connectivity index (χ2v) is 6.06. The second-order valence-electron chi connectivity index (χ2n) is 5.65. The lowest BCUT2D eigenvalue weighted by Gasteiger charge is -2.10. The van der Waals surface area contributed by atoms with Gasteiger partial charge in [-0.1, -0.05) is 42.8 Å². The third-order valence-electron chi connectivity index (χ3n) is 3.90. The number of aryl methyl sites for hydroxylation is 1. The van der Waals surface area contributed by atoms with E-state index in [-0.39, 0.29) is 12.4 Å². The summed E-state index contributed by atoms with van der Waals surface area (Å²) in [5.41, 5.74) is 2.28. The Kier molecular flexibility index (Phi) is 7.44. The quantitative estimate of drug-likeness (QED) is 0.382. The minimum absolute atomic E-state index is 0.256. The van der Waals surface area contributed by atoms with E-state index in [1.54, 1.807) is 24.3 Å². The first kappa shape index (κ1) is 20.5. The Morgan fingerprint density at radius 3 is 2.37 bits per heavy atom. The van der Waals surface area contributed by atoms with E-state index in [0.29, 0.717) is 27.6 Å². The molecule has 2 aromatic rings. The van der Waals surface area contributed by atoms with Crippen molar-refractivity contribution >= 4 is 29.4 Å². The van der Waals surface area contributed by atoms with Gasteiger partial charge in [-0.2, -0.15) is 0 Å². The number of ether oxygens (including phenoxy) is 3. The van der Waals surface area contributed by atoms with Gasteiger partial charge in [-0.3, -0.25) is 4.79 Å². The van der Waals surface area contributed by atoms with Crippen molar-refractivity contribution in [1.82, 2.24) is 0 Å². The molecule has 0 radical (unpaired) electrons. The van der Waals surface area contributed by atoms with Crippen LogP contribution in [0.2, 0.25) is 5.02 Å². The Bertz CT molecular complexity index is 840. The standard InChI is InChI=1S/C21H21ClO5/c1-4-14-5-8-16(9-6-14)18(23)13-27-20(24)10-7-15-11-17(22)21(26-3)19(12-15)25-2/h5-12H,4,13H2,1-3H3. The molecule has 0 fully saturated rings. The van der Waals surface area contributed by atoms with Crippen molar-refractivity contribution in [3.05, 3.63) is 64.2 Å². The smallest absolute Gasteiger partial charge is 0.331 e. The van der Waals surface area contributed by atoms with E-state index < -0.39 is 5.97 Å². The molecule has 0 aliphatic carbocycles. The summed E-state index contributed by atoms with van der Waals surface area (Å²) in [6, 6.07) is 10.5. The summed E-state index contributed by atoms with van der Waals surface area (Å²) < 4.78 is 15.4. The van der Waals surface area contributed by atoms with Crippen LogP contribution in [0.4, 0.5) is 0 Å². The number of carbonyl (C=O) groups excluding carboxylic acids is 2. The molecule has 0 saturated heterocycles. The summed E-state index contributed by atoms with van der Waals surface area (Å²) in [5.74, 6) is -0.0182. The van der Waals surface area contributed by atoms with E-state index in [2.05, 4.69) is 0 Å². The number of ketones is 1. The van der Waals surface area contributed by atoms with Crippen molar-refractivity contribution in [1.29, 1.82) is 0 Å². The summed E-state index contributed by atoms with van der Waals surface area (Å²) >= 11 is 6.12. The number of benzene rings is 2. The van der Waals surface area contributed by atoms with Crippen LogP contribution < -0.4 is 9.47 Å². The molecular formula is C21H21ClO5. The van der Waals surface area contributed by atoms with E-state index in [0.717, 1.165) is 12.0 Å². The van der Waals surface area contributed by atoms with Gasteiger partial charge in [-0.05, 0) is 35.8 Å². The van der Waals surface area contributed by atoms with E-state index in [4.69, 9.17) is 25.8 Å². The van der Waals surface area contributed by atoms with Crippen LogP contribution in [0.1, 0.15) is 28.4 Å². The van der Waals surface area contributed by atoms with Gasteiger partial charge >= 0.3 is 5.97 Å². The van der Waals surface area contributed by atoms with Crippen LogP contribution in [0.25, 0.3) is 6.08 Å². The van der Waals surface area contributed by atoms with Crippen molar-refractivity contribution in [2.75, 3.05) is 20.8 Å². The number of methoxy groups -OCH3 is 2. The minimum atomic E-state index is -0.626. The highest BCUT2D eigenvalue weighted by atomic mass is 35.5. The SMILES string of the molecule is CCc1ccc(C(=O)COC(=O)C=Cc2cc(Cl)c(OC)c(OC)c2)cc1. The molecular weight excluding hydrogens is 368 g/mol. The number of rotatable bonds is 8. The van der Waals surface area contributed by atoms with Crippen LogP contribution in [0.3, 0.4) is 0 Å². The second kappa shape index (κ2) is 9.78. The van der Waals surface area contributed by atoms with E-state index in [9.17, 15) is 9.59 Å². The van der Waals surface area contributed by atoms with E-state index in [1.165, 1.54) is 26.4 Å². The summed E-state index contributed by atoms with van der Waals surface area (Å²) in [6.07, 6.45) is 3.65. The molecule has 27 heavy (non-hydrogen) atoms. The van der Waals surface area contributed by atoms with Crippen LogP contribution in [-0.4, -0.2) is 32.6 Å². The van der Waals surface area contributed by atoms with E-state index >= 15 is 0 Å². The highest BCUT2D eigenvalue weighted by molar-refractivity contribution is 6.32. The van der Waals surface area contributed by atoms with Gasteiger partial charge in [0.1, 0.15) is 0 Å². The molecule has 6 heteroatoms. The van der Waals surface area contributed by atoms with E-state index in [1.807, 2.05) is 19.1 Å². The zero-order valence-corrected chi connectivity index (χ0v) is 16.2. The number of hydrogen-bond acceptors (Lipinski definition) is 5. The lowest BCUT2D eigenvalue weighted by molar-refractivity contribution is -0.136. The number of halogens is 1. The first-order valence-corrected chi connectivity index (χ1v) is 8.74. The van der Waals surface area contributed by atoms with Crippen molar-refractivity contribution < 1.29 is 23.8 Å². The van der Waals surface area contributed by atoms with Gasteiger partial charge < -0.3 is 14.2 Å². The van der Waals surface area contributed by atoms with Gasteiger partial charge in [0.05, 0.1) is 19.2 Å². The van der Waals surface area contributed by atoms with Gasteiger partial charge in [-0.25, -0.2) is 4.79 Å². The van der Waals surface area contributed by atoms with Crippen LogP contribution in [0.15, 0.2) is 42.5 Å². The normalized spacial score (nSPS) is 10.7. The fourth-order valence-electron chi connectivity index (χ4n) is 2.39. The fraction of sp³-hybridized carbons (Fsp3) is 0.238. The summed E-state index contributed by atoms with van der Waals surface area (Å²) in [5, 5.41) is 0.357. The molecule has 0 aromatic heterocycles. The van der Waals surface area contributed by atoms with Gasteiger partial charge in [-0.15, -0.1) is 0 Å². The predicted molar refractivity (Wildman–Crippen MR) is 105 cm³/mol. The Morgan fingerprint density at radius 1 is 1.07 bits per heavy atom. The first-order valence-electron chi connectivity index (χ1n) is 8.37. The lowest BCUT2D eigenvalue weighted by atomic mass is 10.1. The summed E-state index contributed by atoms with van der Waals surface area (Å²) in [6.45, 7) is 1.72. The van der Waals surface area contributed by atoms with Crippen molar-refractivity contribution in [2.24, 2.45) is 0 Å². The number of esters is 1. The van der Waals surface area contributed by atoms with Crippen LogP contribution >= 0.6 is 11.6 Å². The molecule has 0 unspecified atom stereocenters. The maximum atomic E-state index is 12.1. The Morgan fingerprint density at radius 2 is 1.78 bits per heavy atom. The molecule has 0 aliphatic heterocycles. The van der Waals surface area contributed by atoms with Crippen molar-refractivity contribution in [3.8, 4) is 11.5 Å². The topological polar surface area (TPSA) is 61.8 Å². The van der Waals surface area contributed by atoms with Gasteiger partial charge in [0, 0.05) is 11.6 Å². The van der Waals surface area contributed by atoms with Gasteiger partial charge in [0.25, 0.3) is 0 Å². The number of carbonyl (C=O) groups is 2. The molecule has 2 rings (SSSR count). The average Bonchev–Trinajstić information content (AvgIpc) is 2.69. The molecule has 0 N–H and O–H groups in total. The maximum Gasteiger partial charge on any atom is 0.331 e. The molecule has 0 spiro atoms. The molecule has 0 aliphatic rings. The highest BCUT2D eigenvalue weighted by Gasteiger charge is 2.11. The molecule has 0 heterocycles. The Labute approximate surface area is 163 Å². The lowest BCUT2D eigenvalue weighted by Crippen LogP contribution is -2.12. The third-order valence-corrected chi connectivity index (χ3v) is 4.18. The van der Waals surface area contributed by atoms with Gasteiger partial charge in [0.15, 0.2) is 23.9 Å². The maximum absolute atomic E-state index is 12.1. The molecule has 0 atom stereocenters. The monoisotopic (exact) mass is 388 g/mol. The highest BCUT2D eigenvalue weighted by Crippen LogP contribution is 2.36. The molecule has 0 saturated carbocycles. The first-order chi connectivity index (χ1) is 13.0. The van der Waals surface area contributed by atoms with Crippen molar-refractivity contribution in [2.45, 2.75) is 13.3 Å². The minimum Gasteiger partial charge on any atom is -0.493 e. The van der Waals surface area contributed by atoms with Crippen LogP contribution in [0.5, 0.6) is 11.5 Å². The summed E-state index contributed by atoms with van der Waals surface area (Å²) in [7, 11) is 2.98. The molecule has 5 nitrogen and oxygen atoms in total. The third kappa shape index (κ3) is 5.59. The predicted octanol–water partition coefficient (Wildman–Crippen LogP) is 4.36. The molecule has 0 bridgehead atoms. The zero-order chi connectivity index (χ0) is 19.8. The average molecular weight is 389 g/mol. The molecule has 142 valence electrons. The largest absolute Gasteiger partial charge is 0.493 e. The number of Topliss-reactive ketones (excluding diaryl/α,β-unsaturated/α-hetero) is 1. The zero-order valence-electron chi connectivity index (χ0n) is 15.5. The molecule has 2 aromatic carbocycles. The van der Waals surface area contributed by atoms with Crippen LogP contribution in [-0.2, 0) is 16.0 Å². The van der Waals surface area contributed by atoms with Crippen LogP contribution in [0, 0.1) is 0 Å². The summed E-state index contributed by atoms with van der Waals surface area (Å²) in [4.78, 5) is 23.9. The Hall–Kier alpha value is -2.79.